The normalized spacial score (nSPS) is 12.1. The Labute approximate surface area is 137 Å². The maximum atomic E-state index is 11.3. The van der Waals surface area contributed by atoms with Gasteiger partial charge in [0.2, 0.25) is 0 Å². The largest absolute Gasteiger partial charge is 0.384 e. The van der Waals surface area contributed by atoms with Gasteiger partial charge >= 0.3 is 0 Å². The number of fused-ring (bicyclic) bond motifs is 1. The molecule has 1 aromatic carbocycles. The fraction of sp³-hybridized carbons (Fsp3) is 0.412. The Morgan fingerprint density at radius 3 is 2.65 bits per heavy atom. The highest BCUT2D eigenvalue weighted by atomic mass is 32.2. The topological polar surface area (TPSA) is 82.9 Å². The van der Waals surface area contributed by atoms with Crippen molar-refractivity contribution < 1.29 is 8.42 Å². The summed E-state index contributed by atoms with van der Waals surface area (Å²) in [7, 11) is -2.97. The van der Waals surface area contributed by atoms with Crippen molar-refractivity contribution in [3.05, 3.63) is 36.0 Å². The second-order valence-corrected chi connectivity index (χ2v) is 8.84. The molecule has 0 aliphatic rings. The second kappa shape index (κ2) is 6.55. The summed E-state index contributed by atoms with van der Waals surface area (Å²) in [5, 5.41) is 13.4. The van der Waals surface area contributed by atoms with Gasteiger partial charge in [0.15, 0.2) is 0 Å². The lowest BCUT2D eigenvalue weighted by Crippen LogP contribution is -2.26. The zero-order chi connectivity index (χ0) is 17.1. The summed E-state index contributed by atoms with van der Waals surface area (Å²) >= 11 is 0. The highest BCUT2D eigenvalue weighted by Crippen LogP contribution is 2.26. The first-order chi connectivity index (χ1) is 10.7. The first-order valence-corrected chi connectivity index (χ1v) is 9.48. The van der Waals surface area contributed by atoms with E-state index in [1.54, 1.807) is 6.07 Å². The molecule has 0 bridgehead atoms. The Morgan fingerprint density at radius 2 is 2.00 bits per heavy atom. The first kappa shape index (κ1) is 17.2. The van der Waals surface area contributed by atoms with Crippen molar-refractivity contribution in [2.24, 2.45) is 5.41 Å². The van der Waals surface area contributed by atoms with Crippen molar-refractivity contribution in [1.82, 2.24) is 4.98 Å². The molecule has 0 unspecified atom stereocenters. The molecule has 0 saturated heterocycles. The molecule has 0 aliphatic carbocycles. The number of para-hydroxylation sites is 1. The van der Waals surface area contributed by atoms with Gasteiger partial charge in [-0.15, -0.1) is 0 Å². The van der Waals surface area contributed by atoms with Gasteiger partial charge in [-0.05, 0) is 24.0 Å². The van der Waals surface area contributed by atoms with Gasteiger partial charge in [0, 0.05) is 23.9 Å². The zero-order valence-electron chi connectivity index (χ0n) is 13.6. The Morgan fingerprint density at radius 1 is 1.30 bits per heavy atom. The smallest absolute Gasteiger partial charge is 0.147 e. The molecule has 23 heavy (non-hydrogen) atoms. The Kier molecular flexibility index (Phi) is 4.90. The van der Waals surface area contributed by atoms with Crippen LogP contribution in [0.25, 0.3) is 10.9 Å². The number of benzene rings is 1. The number of aromatic nitrogens is 1. The van der Waals surface area contributed by atoms with Crippen LogP contribution in [0.1, 0.15) is 26.0 Å². The first-order valence-electron chi connectivity index (χ1n) is 7.42. The number of nitrogens with zero attached hydrogens (tertiary/aromatic N) is 2. The molecular weight excluding hydrogens is 310 g/mol. The third-order valence-corrected chi connectivity index (χ3v) is 4.68. The van der Waals surface area contributed by atoms with Crippen LogP contribution >= 0.6 is 0 Å². The predicted molar refractivity (Wildman–Crippen MR) is 93.1 cm³/mol. The molecule has 6 heteroatoms. The van der Waals surface area contributed by atoms with Crippen LogP contribution in [0.15, 0.2) is 30.3 Å². The quantitative estimate of drug-likeness (QED) is 0.880. The number of sulfone groups is 1. The Hall–Kier alpha value is -2.13. The number of anilines is 1. The zero-order valence-corrected chi connectivity index (χ0v) is 14.4. The maximum Gasteiger partial charge on any atom is 0.147 e. The van der Waals surface area contributed by atoms with E-state index in [1.807, 2.05) is 38.1 Å². The fourth-order valence-electron chi connectivity index (χ4n) is 2.26. The van der Waals surface area contributed by atoms with E-state index in [0.29, 0.717) is 18.7 Å². The summed E-state index contributed by atoms with van der Waals surface area (Å²) in [4.78, 5) is 4.29. The summed E-state index contributed by atoms with van der Waals surface area (Å²) in [6.07, 6.45) is 1.83. The summed E-state index contributed by atoms with van der Waals surface area (Å²) < 4.78 is 22.7. The summed E-state index contributed by atoms with van der Waals surface area (Å²) in [5.41, 5.74) is 1.79. The van der Waals surface area contributed by atoms with Crippen molar-refractivity contribution in [3.63, 3.8) is 0 Å². The van der Waals surface area contributed by atoms with E-state index < -0.39 is 9.84 Å². The van der Waals surface area contributed by atoms with E-state index >= 15 is 0 Å². The molecular formula is C17H21N3O2S. The van der Waals surface area contributed by atoms with Crippen molar-refractivity contribution in [3.8, 4) is 6.07 Å². The van der Waals surface area contributed by atoms with E-state index in [9.17, 15) is 8.42 Å². The maximum absolute atomic E-state index is 11.3. The lowest BCUT2D eigenvalue weighted by molar-refractivity contribution is 0.377. The van der Waals surface area contributed by atoms with Crippen LogP contribution in [0.5, 0.6) is 0 Å². The van der Waals surface area contributed by atoms with Crippen LogP contribution in [-0.4, -0.2) is 32.0 Å². The average molecular weight is 331 g/mol. The molecule has 0 radical (unpaired) electrons. The van der Waals surface area contributed by atoms with Gasteiger partial charge in [-0.3, -0.25) is 0 Å². The van der Waals surface area contributed by atoms with E-state index in [1.165, 1.54) is 6.26 Å². The molecule has 1 aromatic heterocycles. The van der Waals surface area contributed by atoms with Crippen molar-refractivity contribution in [2.75, 3.05) is 23.9 Å². The van der Waals surface area contributed by atoms with E-state index in [2.05, 4.69) is 16.4 Å². The molecule has 0 saturated carbocycles. The van der Waals surface area contributed by atoms with E-state index in [4.69, 9.17) is 5.26 Å². The van der Waals surface area contributed by atoms with Crippen LogP contribution in [0.2, 0.25) is 0 Å². The molecule has 2 rings (SSSR count). The van der Waals surface area contributed by atoms with Crippen LogP contribution in [0.4, 0.5) is 5.69 Å². The lowest BCUT2D eigenvalue weighted by Gasteiger charge is -2.25. The number of hydrogen-bond acceptors (Lipinski definition) is 5. The minimum atomic E-state index is -2.97. The van der Waals surface area contributed by atoms with Crippen LogP contribution in [-0.2, 0) is 9.84 Å². The van der Waals surface area contributed by atoms with Gasteiger partial charge < -0.3 is 5.32 Å². The van der Waals surface area contributed by atoms with Gasteiger partial charge in [0.05, 0.1) is 11.3 Å². The molecule has 0 fully saturated rings. The highest BCUT2D eigenvalue weighted by Gasteiger charge is 2.20. The Balaban J connectivity index is 2.20. The minimum absolute atomic E-state index is 0.169. The van der Waals surface area contributed by atoms with Gasteiger partial charge in [0.25, 0.3) is 0 Å². The number of pyridine rings is 1. The predicted octanol–water partition coefficient (Wildman–Crippen LogP) is 2.98. The molecule has 0 amide bonds. The van der Waals surface area contributed by atoms with Gasteiger partial charge in [-0.25, -0.2) is 13.4 Å². The second-order valence-electron chi connectivity index (χ2n) is 6.58. The average Bonchev–Trinajstić information content (AvgIpc) is 2.50. The molecule has 0 spiro atoms. The fourth-order valence-corrected chi connectivity index (χ4v) is 3.19. The summed E-state index contributed by atoms with van der Waals surface area (Å²) in [5.74, 6) is 0.169. The molecule has 5 nitrogen and oxygen atoms in total. The molecule has 1 N–H and O–H groups in total. The molecule has 1 heterocycles. The molecule has 2 aromatic rings. The van der Waals surface area contributed by atoms with E-state index in [0.717, 1.165) is 16.6 Å². The number of nitrogens with one attached hydrogen (secondary N) is 1. The SMILES string of the molecule is CC(C)(CCS(C)(=O)=O)CNc1cc(C#N)nc2ccccc12. The van der Waals surface area contributed by atoms with Crippen LogP contribution in [0, 0.1) is 16.7 Å². The Bertz CT molecular complexity index is 852. The van der Waals surface area contributed by atoms with Crippen LogP contribution in [0.3, 0.4) is 0 Å². The number of rotatable bonds is 6. The van der Waals surface area contributed by atoms with Crippen molar-refractivity contribution in [2.45, 2.75) is 20.3 Å². The van der Waals surface area contributed by atoms with Gasteiger partial charge in [-0.2, -0.15) is 5.26 Å². The van der Waals surface area contributed by atoms with Crippen molar-refractivity contribution in [1.29, 1.82) is 5.26 Å². The summed E-state index contributed by atoms with van der Waals surface area (Å²) in [6, 6.07) is 11.4. The molecule has 122 valence electrons. The third kappa shape index (κ3) is 4.93. The van der Waals surface area contributed by atoms with Crippen molar-refractivity contribution >= 4 is 26.4 Å². The van der Waals surface area contributed by atoms with E-state index in [-0.39, 0.29) is 11.2 Å². The minimum Gasteiger partial charge on any atom is -0.384 e. The molecule has 0 aliphatic heterocycles. The van der Waals surface area contributed by atoms with Gasteiger partial charge in [-0.1, -0.05) is 32.0 Å². The van der Waals surface area contributed by atoms with Crippen LogP contribution < -0.4 is 5.32 Å². The monoisotopic (exact) mass is 331 g/mol. The lowest BCUT2D eigenvalue weighted by atomic mass is 9.90. The molecule has 0 atom stereocenters. The highest BCUT2D eigenvalue weighted by molar-refractivity contribution is 7.90. The standard InChI is InChI=1S/C17H21N3O2S/c1-17(2,8-9-23(3,21)22)12-19-16-10-13(11-18)20-15-7-5-4-6-14(15)16/h4-7,10H,8-9,12H2,1-3H3,(H,19,20). The summed E-state index contributed by atoms with van der Waals surface area (Å²) in [6.45, 7) is 4.67. The number of hydrogen-bond donors (Lipinski definition) is 1. The van der Waals surface area contributed by atoms with Gasteiger partial charge in [0.1, 0.15) is 21.6 Å². The number of nitriles is 1. The third-order valence-electron chi connectivity index (χ3n) is 3.74.